The molecule has 0 radical (unpaired) electrons. The van der Waals surface area contributed by atoms with Gasteiger partial charge >= 0.3 is 0 Å². The molecule has 1 aliphatic rings. The highest BCUT2D eigenvalue weighted by molar-refractivity contribution is 6.01. The van der Waals surface area contributed by atoms with E-state index in [1.807, 2.05) is 6.07 Å². The van der Waals surface area contributed by atoms with Gasteiger partial charge in [-0.25, -0.2) is 0 Å². The molecule has 1 heterocycles. The minimum absolute atomic E-state index is 0.00962. The third kappa shape index (κ3) is 2.73. The molecule has 0 saturated carbocycles. The molecule has 6 heteroatoms. The van der Waals surface area contributed by atoms with Crippen LogP contribution in [0.15, 0.2) is 24.3 Å². The molecule has 1 aromatic carbocycles. The number of nitrogens with one attached hydrogen (secondary N) is 1. The van der Waals surface area contributed by atoms with Crippen molar-refractivity contribution in [3.63, 3.8) is 0 Å². The van der Waals surface area contributed by atoms with Gasteiger partial charge in [-0.1, -0.05) is 18.2 Å². The third-order valence-electron chi connectivity index (χ3n) is 3.25. The van der Waals surface area contributed by atoms with Gasteiger partial charge in [0, 0.05) is 18.7 Å². The van der Waals surface area contributed by atoms with E-state index in [9.17, 15) is 9.59 Å². The van der Waals surface area contributed by atoms with Crippen molar-refractivity contribution in [2.24, 2.45) is 17.4 Å². The number of amides is 2. The first kappa shape index (κ1) is 13.1. The van der Waals surface area contributed by atoms with E-state index in [2.05, 4.69) is 0 Å². The van der Waals surface area contributed by atoms with Crippen LogP contribution in [0.1, 0.15) is 17.5 Å². The maximum atomic E-state index is 11.9. The van der Waals surface area contributed by atoms with Gasteiger partial charge in [0.1, 0.15) is 11.8 Å². The van der Waals surface area contributed by atoms with Crippen molar-refractivity contribution in [1.29, 1.82) is 5.41 Å². The minimum atomic E-state index is -0.698. The summed E-state index contributed by atoms with van der Waals surface area (Å²) in [6.45, 7) is 0.931. The highest BCUT2D eigenvalue weighted by Gasteiger charge is 2.35. The van der Waals surface area contributed by atoms with Crippen LogP contribution in [0.2, 0.25) is 0 Å². The maximum Gasteiger partial charge on any atom is 0.235 e. The number of nitrogens with zero attached hydrogens (tertiary/aromatic N) is 1. The van der Waals surface area contributed by atoms with E-state index >= 15 is 0 Å². The van der Waals surface area contributed by atoms with Crippen LogP contribution in [0.25, 0.3) is 0 Å². The van der Waals surface area contributed by atoms with Crippen molar-refractivity contribution in [2.45, 2.75) is 13.0 Å². The first-order valence-corrected chi connectivity index (χ1v) is 6.00. The topological polar surface area (TPSA) is 113 Å². The lowest BCUT2D eigenvalue weighted by Gasteiger charge is -2.16. The van der Waals surface area contributed by atoms with Crippen LogP contribution in [-0.4, -0.2) is 29.1 Å². The number of primary amides is 1. The molecule has 2 amide bonds. The van der Waals surface area contributed by atoms with Crippen molar-refractivity contribution in [2.75, 3.05) is 6.54 Å². The van der Waals surface area contributed by atoms with Gasteiger partial charge in [0.25, 0.3) is 0 Å². The van der Waals surface area contributed by atoms with Crippen LogP contribution in [0.5, 0.6) is 0 Å². The average molecular weight is 260 g/mol. The Morgan fingerprint density at radius 1 is 1.42 bits per heavy atom. The Kier molecular flexibility index (Phi) is 3.50. The van der Waals surface area contributed by atoms with Crippen LogP contribution in [0, 0.1) is 11.3 Å². The lowest BCUT2D eigenvalue weighted by atomic mass is 10.1. The van der Waals surface area contributed by atoms with E-state index < -0.39 is 11.8 Å². The minimum Gasteiger partial charge on any atom is -0.384 e. The number of carbonyl (C=O) groups excluding carboxylic acids is 2. The van der Waals surface area contributed by atoms with E-state index in [0.717, 1.165) is 5.56 Å². The van der Waals surface area contributed by atoms with Gasteiger partial charge in [0.15, 0.2) is 0 Å². The average Bonchev–Trinajstić information content (AvgIpc) is 2.71. The molecular weight excluding hydrogens is 244 g/mol. The molecule has 19 heavy (non-hydrogen) atoms. The van der Waals surface area contributed by atoms with E-state index in [0.29, 0.717) is 25.1 Å². The molecule has 1 fully saturated rings. The van der Waals surface area contributed by atoms with E-state index in [1.54, 1.807) is 23.1 Å². The second-order valence-electron chi connectivity index (χ2n) is 4.62. The number of benzene rings is 1. The van der Waals surface area contributed by atoms with Crippen molar-refractivity contribution >= 4 is 17.6 Å². The van der Waals surface area contributed by atoms with Gasteiger partial charge in [-0.05, 0) is 18.1 Å². The lowest BCUT2D eigenvalue weighted by Crippen LogP contribution is -2.33. The zero-order chi connectivity index (χ0) is 14.0. The highest BCUT2D eigenvalue weighted by atomic mass is 16.2. The summed E-state index contributed by atoms with van der Waals surface area (Å²) in [6.07, 6.45) is 0.473. The van der Waals surface area contributed by atoms with Crippen LogP contribution in [-0.2, 0) is 16.1 Å². The number of rotatable bonds is 4. The molecule has 1 unspecified atom stereocenters. The zero-order valence-electron chi connectivity index (χ0n) is 10.4. The monoisotopic (exact) mass is 260 g/mol. The Morgan fingerprint density at radius 3 is 2.74 bits per heavy atom. The first-order valence-electron chi connectivity index (χ1n) is 6.00. The predicted molar refractivity (Wildman–Crippen MR) is 70.2 cm³/mol. The van der Waals surface area contributed by atoms with Crippen molar-refractivity contribution in [3.05, 3.63) is 35.4 Å². The second kappa shape index (κ2) is 5.09. The molecule has 1 aromatic rings. The molecule has 1 atom stereocenters. The van der Waals surface area contributed by atoms with Crippen molar-refractivity contribution < 1.29 is 9.59 Å². The van der Waals surface area contributed by atoms with Crippen molar-refractivity contribution in [3.8, 4) is 0 Å². The Hall–Kier alpha value is -2.37. The van der Waals surface area contributed by atoms with Crippen LogP contribution in [0.4, 0.5) is 0 Å². The van der Waals surface area contributed by atoms with Gasteiger partial charge in [0.2, 0.25) is 11.8 Å². The second-order valence-corrected chi connectivity index (χ2v) is 4.62. The molecule has 100 valence electrons. The summed E-state index contributed by atoms with van der Waals surface area (Å²) in [6, 6.07) is 7.16. The fourth-order valence-corrected chi connectivity index (χ4v) is 2.22. The number of amidine groups is 1. The molecule has 1 saturated heterocycles. The molecule has 6 nitrogen and oxygen atoms in total. The van der Waals surface area contributed by atoms with Gasteiger partial charge in [0.05, 0.1) is 0 Å². The molecule has 0 aliphatic carbocycles. The van der Waals surface area contributed by atoms with Crippen LogP contribution >= 0.6 is 0 Å². The Morgan fingerprint density at radius 2 is 2.16 bits per heavy atom. The quantitative estimate of drug-likeness (QED) is 0.396. The Balaban J connectivity index is 2.10. The summed E-state index contributed by atoms with van der Waals surface area (Å²) in [5, 5.41) is 7.38. The number of hydrogen-bond donors (Lipinski definition) is 3. The summed E-state index contributed by atoms with van der Waals surface area (Å²) < 4.78 is 0. The summed E-state index contributed by atoms with van der Waals surface area (Å²) in [5.41, 5.74) is 12.1. The largest absolute Gasteiger partial charge is 0.384 e. The molecule has 5 N–H and O–H groups in total. The standard InChI is InChI=1S/C13H16N4O2/c14-11(15)9-3-1-2-8(6-9)7-17-5-4-10(12(16)18)13(17)19/h1-3,6,10H,4-5,7H2,(H3,14,15)(H2,16,18). The molecule has 0 aromatic heterocycles. The van der Waals surface area contributed by atoms with Gasteiger partial charge < -0.3 is 16.4 Å². The SMILES string of the molecule is N=C(N)c1cccc(CN2CCC(C(N)=O)C2=O)c1. The number of carbonyl (C=O) groups is 2. The summed E-state index contributed by atoms with van der Waals surface area (Å²) in [7, 11) is 0. The van der Waals surface area contributed by atoms with Crippen LogP contribution in [0.3, 0.4) is 0 Å². The smallest absolute Gasteiger partial charge is 0.235 e. The number of nitrogens with two attached hydrogens (primary N) is 2. The zero-order valence-corrected chi connectivity index (χ0v) is 10.4. The molecule has 0 bridgehead atoms. The van der Waals surface area contributed by atoms with Gasteiger partial charge in [-0.3, -0.25) is 15.0 Å². The number of nitrogen functional groups attached to an aromatic ring is 1. The highest BCUT2D eigenvalue weighted by Crippen LogP contribution is 2.20. The predicted octanol–water partition coefficient (Wildman–Crippen LogP) is -0.196. The molecule has 1 aliphatic heterocycles. The summed E-state index contributed by atoms with van der Waals surface area (Å²) in [5.74, 6) is -1.49. The lowest BCUT2D eigenvalue weighted by molar-refractivity contribution is -0.136. The molecule has 2 rings (SSSR count). The maximum absolute atomic E-state index is 11.9. The fourth-order valence-electron chi connectivity index (χ4n) is 2.22. The first-order chi connectivity index (χ1) is 8.99. The number of likely N-dealkylation sites (tertiary alicyclic amines) is 1. The Bertz CT molecular complexity index is 541. The molecule has 0 spiro atoms. The summed E-state index contributed by atoms with van der Waals surface area (Å²) in [4.78, 5) is 24.6. The molecular formula is C13H16N4O2. The fraction of sp³-hybridized carbons (Fsp3) is 0.308. The summed E-state index contributed by atoms with van der Waals surface area (Å²) >= 11 is 0. The normalized spacial score (nSPS) is 18.6. The third-order valence-corrected chi connectivity index (χ3v) is 3.25. The van der Waals surface area contributed by atoms with E-state index in [4.69, 9.17) is 16.9 Å². The van der Waals surface area contributed by atoms with E-state index in [1.165, 1.54) is 0 Å². The van der Waals surface area contributed by atoms with E-state index in [-0.39, 0.29) is 11.7 Å². The Labute approximate surface area is 110 Å². The van der Waals surface area contributed by atoms with Gasteiger partial charge in [-0.2, -0.15) is 0 Å². The van der Waals surface area contributed by atoms with Gasteiger partial charge in [-0.15, -0.1) is 0 Å². The van der Waals surface area contributed by atoms with Crippen molar-refractivity contribution in [1.82, 2.24) is 4.90 Å². The number of hydrogen-bond acceptors (Lipinski definition) is 3. The van der Waals surface area contributed by atoms with Crippen LogP contribution < -0.4 is 11.5 Å².